The maximum Gasteiger partial charge on any atom is 0.193 e. The van der Waals surface area contributed by atoms with Crippen LogP contribution in [-0.2, 0) is 9.22 Å². The van der Waals surface area contributed by atoms with Crippen LogP contribution in [0.3, 0.4) is 0 Å². The summed E-state index contributed by atoms with van der Waals surface area (Å²) in [4.78, 5) is 13.1. The van der Waals surface area contributed by atoms with E-state index in [2.05, 4.69) is 47.6 Å². The third-order valence-electron chi connectivity index (χ3n) is 6.72. The summed E-state index contributed by atoms with van der Waals surface area (Å²) in [6, 6.07) is 3.37. The molecule has 1 fully saturated rings. The molecular weight excluding hydrogens is 300 g/mol. The van der Waals surface area contributed by atoms with Crippen molar-refractivity contribution in [2.75, 3.05) is 0 Å². The molecule has 0 unspecified atom stereocenters. The molecule has 0 saturated heterocycles. The van der Waals surface area contributed by atoms with E-state index in [-0.39, 0.29) is 0 Å². The van der Waals surface area contributed by atoms with Crippen LogP contribution < -0.4 is 0 Å². The zero-order chi connectivity index (χ0) is 17.3. The number of rotatable bonds is 6. The Morgan fingerprint density at radius 3 is 2.35 bits per heavy atom. The number of hydrogen-bond donors (Lipinski definition) is 0. The van der Waals surface area contributed by atoms with E-state index >= 15 is 0 Å². The average Bonchev–Trinajstić information content (AvgIpc) is 2.54. The smallest absolute Gasteiger partial charge is 0.193 e. The van der Waals surface area contributed by atoms with Gasteiger partial charge in [-0.15, -0.1) is 0 Å². The Morgan fingerprint density at radius 2 is 1.83 bits per heavy atom. The molecule has 2 rings (SSSR count). The van der Waals surface area contributed by atoms with E-state index in [1.165, 1.54) is 5.57 Å². The van der Waals surface area contributed by atoms with Crippen LogP contribution in [0.5, 0.6) is 0 Å². The first-order valence-electron chi connectivity index (χ1n) is 9.75. The van der Waals surface area contributed by atoms with Crippen LogP contribution in [0.15, 0.2) is 11.6 Å². The Bertz CT molecular complexity index is 456. The highest BCUT2D eigenvalue weighted by Gasteiger charge is 2.55. The summed E-state index contributed by atoms with van der Waals surface area (Å²) in [5.41, 5.74) is 0.951. The molecule has 132 valence electrons. The van der Waals surface area contributed by atoms with E-state index in [1.807, 2.05) is 0 Å². The number of carbonyl (C=O) groups excluding carboxylic acids is 1. The third-order valence-corrected chi connectivity index (χ3v) is 11.4. The zero-order valence-electron chi connectivity index (χ0n) is 16.1. The van der Waals surface area contributed by atoms with Gasteiger partial charge in [0.25, 0.3) is 0 Å². The number of fused-ring (bicyclic) bond motifs is 1. The summed E-state index contributed by atoms with van der Waals surface area (Å²) in [5, 5.41) is 0. The third kappa shape index (κ3) is 3.37. The molecule has 2 aliphatic rings. The molecule has 1 saturated carbocycles. The van der Waals surface area contributed by atoms with E-state index in [0.717, 1.165) is 37.4 Å². The number of Topliss-reactive ketones (excluding diaryl/α,β-unsaturated/α-hetero) is 1. The first kappa shape index (κ1) is 18.9. The Labute approximate surface area is 144 Å². The number of allylic oxidation sites excluding steroid dienone is 1. The lowest BCUT2D eigenvalue weighted by Gasteiger charge is -2.53. The molecule has 2 nitrogen and oxygen atoms in total. The predicted octanol–water partition coefficient (Wildman–Crippen LogP) is 5.74. The number of carbonyl (C=O) groups is 1. The van der Waals surface area contributed by atoms with Gasteiger partial charge in [-0.3, -0.25) is 4.79 Å². The van der Waals surface area contributed by atoms with Crippen molar-refractivity contribution in [3.63, 3.8) is 0 Å². The first-order valence-corrected chi connectivity index (χ1v) is 12.3. The van der Waals surface area contributed by atoms with E-state index < -0.39 is 13.9 Å². The van der Waals surface area contributed by atoms with Gasteiger partial charge in [-0.2, -0.15) is 0 Å². The highest BCUT2D eigenvalue weighted by Crippen LogP contribution is 2.50. The Morgan fingerprint density at radius 1 is 1.22 bits per heavy atom. The minimum absolute atomic E-state index is 0.300. The molecule has 3 atom stereocenters. The van der Waals surface area contributed by atoms with Crippen molar-refractivity contribution in [1.29, 1.82) is 0 Å². The van der Waals surface area contributed by atoms with E-state index in [9.17, 15) is 4.79 Å². The molecule has 0 heterocycles. The van der Waals surface area contributed by atoms with Crippen molar-refractivity contribution in [2.24, 2.45) is 17.8 Å². The van der Waals surface area contributed by atoms with E-state index in [1.54, 1.807) is 0 Å². The maximum absolute atomic E-state index is 13.1. The van der Waals surface area contributed by atoms with Crippen LogP contribution in [0, 0.1) is 17.8 Å². The molecule has 0 spiro atoms. The van der Waals surface area contributed by atoms with Gasteiger partial charge in [0.1, 0.15) is 5.60 Å². The normalized spacial score (nSPS) is 32.0. The van der Waals surface area contributed by atoms with Crippen LogP contribution in [0.2, 0.25) is 18.1 Å². The lowest BCUT2D eigenvalue weighted by atomic mass is 9.61. The van der Waals surface area contributed by atoms with Crippen LogP contribution >= 0.6 is 0 Å². The van der Waals surface area contributed by atoms with E-state index in [0.29, 0.717) is 30.0 Å². The Balaban J connectivity index is 2.46. The Kier molecular flexibility index (Phi) is 5.94. The molecule has 2 aliphatic carbocycles. The second-order valence-corrected chi connectivity index (χ2v) is 12.8. The summed E-state index contributed by atoms with van der Waals surface area (Å²) >= 11 is 0. The molecule has 0 amide bonds. The first-order chi connectivity index (χ1) is 10.8. The Hall–Kier alpha value is -0.413. The van der Waals surface area contributed by atoms with Crippen molar-refractivity contribution in [3.05, 3.63) is 11.6 Å². The van der Waals surface area contributed by atoms with Crippen LogP contribution in [0.4, 0.5) is 0 Å². The van der Waals surface area contributed by atoms with Crippen molar-refractivity contribution < 1.29 is 9.22 Å². The van der Waals surface area contributed by atoms with Gasteiger partial charge in [0.2, 0.25) is 0 Å². The van der Waals surface area contributed by atoms with Crippen molar-refractivity contribution >= 4 is 14.1 Å². The molecule has 0 radical (unpaired) electrons. The minimum Gasteiger partial charge on any atom is -0.404 e. The van der Waals surface area contributed by atoms with Gasteiger partial charge in [0, 0.05) is 12.3 Å². The quantitative estimate of drug-likeness (QED) is 0.457. The molecule has 0 aromatic heterocycles. The van der Waals surface area contributed by atoms with Gasteiger partial charge in [-0.1, -0.05) is 46.3 Å². The lowest BCUT2D eigenvalue weighted by Crippen LogP contribution is -2.60. The highest BCUT2D eigenvalue weighted by atomic mass is 28.4. The molecular formula is C20H36O2Si. The predicted molar refractivity (Wildman–Crippen MR) is 100 cm³/mol. The fourth-order valence-electron chi connectivity index (χ4n) is 4.83. The standard InChI is InChI=1S/C20H36O2Si/c1-7-23(8-2,9-3)22-20-13-12-16(6)14-18(20)17(15(4)5)10-11-19(20)21/h14-15,17-18H,7-13H2,1-6H3/t17-,18-,20+/m1/s1. The molecule has 3 heteroatoms. The summed E-state index contributed by atoms with van der Waals surface area (Å²) in [6.07, 6.45) is 6.10. The van der Waals surface area contributed by atoms with Gasteiger partial charge < -0.3 is 4.43 Å². The maximum atomic E-state index is 13.1. The van der Waals surface area contributed by atoms with Gasteiger partial charge in [0.05, 0.1) is 0 Å². The van der Waals surface area contributed by atoms with E-state index in [4.69, 9.17) is 4.43 Å². The molecule has 0 aromatic carbocycles. The van der Waals surface area contributed by atoms with Crippen molar-refractivity contribution in [3.8, 4) is 0 Å². The summed E-state index contributed by atoms with van der Waals surface area (Å²) < 4.78 is 7.00. The molecule has 0 aliphatic heterocycles. The molecule has 0 bridgehead atoms. The molecule has 0 aromatic rings. The zero-order valence-corrected chi connectivity index (χ0v) is 17.1. The van der Waals surface area contributed by atoms with Gasteiger partial charge >= 0.3 is 0 Å². The SMILES string of the molecule is CC[Si](CC)(CC)O[C@@]12CCC(C)=C[C@@H]1[C@@H](C(C)C)CCC2=O. The fourth-order valence-corrected chi connectivity index (χ4v) is 7.89. The summed E-state index contributed by atoms with van der Waals surface area (Å²) in [7, 11) is -1.80. The molecule has 0 N–H and O–H groups in total. The summed E-state index contributed by atoms with van der Waals surface area (Å²) in [5.74, 6) is 1.89. The number of hydrogen-bond acceptors (Lipinski definition) is 2. The van der Waals surface area contributed by atoms with Crippen molar-refractivity contribution in [1.82, 2.24) is 0 Å². The topological polar surface area (TPSA) is 26.3 Å². The molecule has 23 heavy (non-hydrogen) atoms. The second kappa shape index (κ2) is 7.22. The van der Waals surface area contributed by atoms with Gasteiger partial charge in [-0.25, -0.2) is 0 Å². The van der Waals surface area contributed by atoms with Gasteiger partial charge in [0.15, 0.2) is 14.1 Å². The fraction of sp³-hybridized carbons (Fsp3) is 0.850. The van der Waals surface area contributed by atoms with Crippen LogP contribution in [0.25, 0.3) is 0 Å². The summed E-state index contributed by atoms with van der Waals surface area (Å²) in [6.45, 7) is 13.6. The van der Waals surface area contributed by atoms with Gasteiger partial charge in [-0.05, 0) is 56.2 Å². The average molecular weight is 337 g/mol. The monoisotopic (exact) mass is 336 g/mol. The second-order valence-electron chi connectivity index (χ2n) is 8.14. The van der Waals surface area contributed by atoms with Crippen molar-refractivity contribution in [2.45, 2.75) is 91.0 Å². The largest absolute Gasteiger partial charge is 0.404 e. The number of ketones is 1. The lowest BCUT2D eigenvalue weighted by molar-refractivity contribution is -0.149. The highest BCUT2D eigenvalue weighted by molar-refractivity contribution is 6.73. The van der Waals surface area contributed by atoms with Crippen LogP contribution in [0.1, 0.15) is 67.2 Å². The minimum atomic E-state index is -1.80. The van der Waals surface area contributed by atoms with Crippen LogP contribution in [-0.4, -0.2) is 19.7 Å².